The molecule has 0 aliphatic rings. The summed E-state index contributed by atoms with van der Waals surface area (Å²) < 4.78 is 12.9. The third-order valence-corrected chi connectivity index (χ3v) is 3.85. The molecule has 2 heteroatoms. The molecule has 2 aromatic carbocycles. The summed E-state index contributed by atoms with van der Waals surface area (Å²) in [5, 5.41) is 3.44. The van der Waals surface area contributed by atoms with E-state index in [9.17, 15) is 4.39 Å². The van der Waals surface area contributed by atoms with Gasteiger partial charge in [0.2, 0.25) is 0 Å². The van der Waals surface area contributed by atoms with Gasteiger partial charge in [-0.2, -0.15) is 0 Å². The second-order valence-corrected chi connectivity index (χ2v) is 5.35. The third-order valence-electron chi connectivity index (χ3n) is 3.85. The third kappa shape index (κ3) is 3.60. The smallest absolute Gasteiger partial charge is 0.123 e. The Morgan fingerprint density at radius 3 is 2.00 bits per heavy atom. The molecular weight excluding hydrogens is 249 g/mol. The van der Waals surface area contributed by atoms with Crippen LogP contribution in [0.3, 0.4) is 0 Å². The number of halogens is 1. The van der Waals surface area contributed by atoms with Gasteiger partial charge in [0.15, 0.2) is 0 Å². The molecule has 2 atom stereocenters. The summed E-state index contributed by atoms with van der Waals surface area (Å²) in [6.07, 6.45) is 1.15. The highest BCUT2D eigenvalue weighted by molar-refractivity contribution is 5.47. The van der Waals surface area contributed by atoms with Crippen LogP contribution in [0.1, 0.15) is 50.3 Å². The van der Waals surface area contributed by atoms with Crippen LogP contribution in [0.4, 0.5) is 10.1 Å². The van der Waals surface area contributed by atoms with Gasteiger partial charge >= 0.3 is 0 Å². The molecule has 1 nitrogen and oxygen atoms in total. The number of hydrogen-bond acceptors (Lipinski definition) is 1. The quantitative estimate of drug-likeness (QED) is 0.755. The van der Waals surface area contributed by atoms with Crippen LogP contribution < -0.4 is 5.32 Å². The summed E-state index contributed by atoms with van der Waals surface area (Å²) in [6.45, 7) is 6.52. The van der Waals surface area contributed by atoms with Crippen LogP contribution in [0, 0.1) is 5.82 Å². The van der Waals surface area contributed by atoms with Gasteiger partial charge in [0.25, 0.3) is 0 Å². The molecule has 0 aliphatic carbocycles. The van der Waals surface area contributed by atoms with E-state index in [0.29, 0.717) is 5.92 Å². The number of benzene rings is 2. The average Bonchev–Trinajstić information content (AvgIpc) is 2.48. The lowest BCUT2D eigenvalue weighted by Crippen LogP contribution is -2.06. The van der Waals surface area contributed by atoms with E-state index in [0.717, 1.165) is 17.7 Å². The second kappa shape index (κ2) is 6.56. The Labute approximate surface area is 120 Å². The van der Waals surface area contributed by atoms with E-state index in [2.05, 4.69) is 50.4 Å². The first-order valence-electron chi connectivity index (χ1n) is 7.22. The largest absolute Gasteiger partial charge is 0.379 e. The molecule has 0 saturated heterocycles. The maximum Gasteiger partial charge on any atom is 0.123 e. The van der Waals surface area contributed by atoms with Gasteiger partial charge in [-0.1, -0.05) is 38.1 Å². The van der Waals surface area contributed by atoms with Crippen molar-refractivity contribution in [2.24, 2.45) is 0 Å². The Morgan fingerprint density at radius 2 is 1.45 bits per heavy atom. The Balaban J connectivity index is 2.04. The highest BCUT2D eigenvalue weighted by Crippen LogP contribution is 2.23. The van der Waals surface area contributed by atoms with Gasteiger partial charge in [0.1, 0.15) is 5.82 Å². The molecule has 0 spiro atoms. The Hall–Kier alpha value is -1.83. The molecule has 0 saturated carbocycles. The van der Waals surface area contributed by atoms with E-state index in [4.69, 9.17) is 0 Å². The standard InChI is InChI=1S/C18H22FN/c1-4-13(2)15-7-11-18(12-8-15)20-14(3)16-5-9-17(19)10-6-16/h5-14,20H,4H2,1-3H3. The number of hydrogen-bond donors (Lipinski definition) is 1. The molecule has 106 valence electrons. The van der Waals surface area contributed by atoms with Crippen molar-refractivity contribution < 1.29 is 4.39 Å². The van der Waals surface area contributed by atoms with E-state index in [1.54, 1.807) is 0 Å². The summed E-state index contributed by atoms with van der Waals surface area (Å²) in [5.74, 6) is 0.400. The first-order valence-corrected chi connectivity index (χ1v) is 7.22. The Morgan fingerprint density at radius 1 is 0.900 bits per heavy atom. The molecule has 0 amide bonds. The SMILES string of the molecule is CCC(C)c1ccc(NC(C)c2ccc(F)cc2)cc1. The molecule has 2 unspecified atom stereocenters. The average molecular weight is 271 g/mol. The summed E-state index contributed by atoms with van der Waals surface area (Å²) >= 11 is 0. The van der Waals surface area contributed by atoms with Gasteiger partial charge in [-0.3, -0.25) is 0 Å². The lowest BCUT2D eigenvalue weighted by Gasteiger charge is -2.17. The first kappa shape index (κ1) is 14.6. The topological polar surface area (TPSA) is 12.0 Å². The van der Waals surface area contributed by atoms with Crippen LogP contribution in [-0.4, -0.2) is 0 Å². The van der Waals surface area contributed by atoms with Crippen LogP contribution in [0.2, 0.25) is 0 Å². The van der Waals surface area contributed by atoms with Crippen LogP contribution in [-0.2, 0) is 0 Å². The zero-order chi connectivity index (χ0) is 14.5. The monoisotopic (exact) mass is 271 g/mol. The lowest BCUT2D eigenvalue weighted by atomic mass is 9.98. The molecule has 0 radical (unpaired) electrons. The molecule has 2 rings (SSSR count). The van der Waals surface area contributed by atoms with Gasteiger partial charge < -0.3 is 5.32 Å². The van der Waals surface area contributed by atoms with Crippen molar-refractivity contribution in [1.82, 2.24) is 0 Å². The summed E-state index contributed by atoms with van der Waals surface area (Å²) in [4.78, 5) is 0. The second-order valence-electron chi connectivity index (χ2n) is 5.35. The fourth-order valence-electron chi connectivity index (χ4n) is 2.23. The fourth-order valence-corrected chi connectivity index (χ4v) is 2.23. The van der Waals surface area contributed by atoms with Crippen molar-refractivity contribution in [1.29, 1.82) is 0 Å². The molecule has 1 N–H and O–H groups in total. The zero-order valence-corrected chi connectivity index (χ0v) is 12.4. The summed E-state index contributed by atoms with van der Waals surface area (Å²) in [7, 11) is 0. The molecular formula is C18H22FN. The molecule has 0 aromatic heterocycles. The van der Waals surface area contributed by atoms with Gasteiger partial charge in [-0.25, -0.2) is 4.39 Å². The minimum atomic E-state index is -0.196. The highest BCUT2D eigenvalue weighted by atomic mass is 19.1. The molecule has 20 heavy (non-hydrogen) atoms. The predicted octanol–water partition coefficient (Wildman–Crippen LogP) is 5.51. The molecule has 2 aromatic rings. The number of rotatable bonds is 5. The van der Waals surface area contributed by atoms with Crippen LogP contribution in [0.5, 0.6) is 0 Å². The lowest BCUT2D eigenvalue weighted by molar-refractivity contribution is 0.626. The summed E-state index contributed by atoms with van der Waals surface area (Å²) in [6, 6.07) is 15.4. The Kier molecular flexibility index (Phi) is 4.78. The zero-order valence-electron chi connectivity index (χ0n) is 12.4. The van der Waals surface area contributed by atoms with E-state index in [-0.39, 0.29) is 11.9 Å². The minimum Gasteiger partial charge on any atom is -0.379 e. The van der Waals surface area contributed by atoms with E-state index >= 15 is 0 Å². The van der Waals surface area contributed by atoms with Crippen LogP contribution in [0.15, 0.2) is 48.5 Å². The van der Waals surface area contributed by atoms with Gasteiger partial charge in [0, 0.05) is 11.7 Å². The van der Waals surface area contributed by atoms with Crippen molar-refractivity contribution >= 4 is 5.69 Å². The van der Waals surface area contributed by atoms with E-state index in [1.165, 1.54) is 17.7 Å². The van der Waals surface area contributed by atoms with E-state index in [1.807, 2.05) is 12.1 Å². The van der Waals surface area contributed by atoms with Crippen molar-refractivity contribution in [3.8, 4) is 0 Å². The van der Waals surface area contributed by atoms with Crippen molar-refractivity contribution in [2.45, 2.75) is 39.2 Å². The normalized spacial score (nSPS) is 13.8. The van der Waals surface area contributed by atoms with Crippen molar-refractivity contribution in [3.63, 3.8) is 0 Å². The van der Waals surface area contributed by atoms with Gasteiger partial charge in [-0.05, 0) is 54.7 Å². The first-order chi connectivity index (χ1) is 9.60. The number of anilines is 1. The maximum atomic E-state index is 12.9. The molecule has 0 heterocycles. The summed E-state index contributed by atoms with van der Waals surface area (Å²) in [5.41, 5.74) is 3.54. The maximum absolute atomic E-state index is 12.9. The fraction of sp³-hybridized carbons (Fsp3) is 0.333. The minimum absolute atomic E-state index is 0.157. The van der Waals surface area contributed by atoms with Crippen LogP contribution >= 0.6 is 0 Å². The van der Waals surface area contributed by atoms with E-state index < -0.39 is 0 Å². The van der Waals surface area contributed by atoms with Crippen LogP contribution in [0.25, 0.3) is 0 Å². The Bertz CT molecular complexity index is 530. The molecule has 0 bridgehead atoms. The van der Waals surface area contributed by atoms with Crippen molar-refractivity contribution in [2.75, 3.05) is 5.32 Å². The van der Waals surface area contributed by atoms with Gasteiger partial charge in [0.05, 0.1) is 0 Å². The molecule has 0 fully saturated rings. The number of nitrogens with one attached hydrogen (secondary N) is 1. The predicted molar refractivity (Wildman–Crippen MR) is 83.6 cm³/mol. The van der Waals surface area contributed by atoms with Gasteiger partial charge in [-0.15, -0.1) is 0 Å². The van der Waals surface area contributed by atoms with Crippen molar-refractivity contribution in [3.05, 3.63) is 65.5 Å². The highest BCUT2D eigenvalue weighted by Gasteiger charge is 2.06. The molecule has 0 aliphatic heterocycles.